The van der Waals surface area contributed by atoms with Crippen LogP contribution in [0, 0.1) is 6.92 Å². The van der Waals surface area contributed by atoms with Crippen LogP contribution in [0.4, 0.5) is 5.69 Å². The van der Waals surface area contributed by atoms with Gasteiger partial charge in [-0.1, -0.05) is 18.2 Å². The first kappa shape index (κ1) is 12.0. The number of hydrogen-bond donors (Lipinski definition) is 1. The lowest BCUT2D eigenvalue weighted by molar-refractivity contribution is 0.461. The number of aromatic hydroxyl groups is 1. The molecule has 0 fully saturated rings. The van der Waals surface area contributed by atoms with Gasteiger partial charge in [0, 0.05) is 17.4 Å². The molecule has 1 aliphatic heterocycles. The average Bonchev–Trinajstić information content (AvgIpc) is 2.71. The zero-order valence-electron chi connectivity index (χ0n) is 11.3. The summed E-state index contributed by atoms with van der Waals surface area (Å²) < 4.78 is 0. The van der Waals surface area contributed by atoms with E-state index in [4.69, 9.17) is 0 Å². The zero-order valence-corrected chi connectivity index (χ0v) is 11.3. The van der Waals surface area contributed by atoms with Crippen LogP contribution in [0.2, 0.25) is 0 Å². The molecule has 0 amide bonds. The van der Waals surface area contributed by atoms with Crippen LogP contribution in [0.25, 0.3) is 0 Å². The van der Waals surface area contributed by atoms with Crippen molar-refractivity contribution in [1.29, 1.82) is 0 Å². The highest BCUT2D eigenvalue weighted by molar-refractivity contribution is 5.59. The van der Waals surface area contributed by atoms with E-state index in [9.17, 15) is 5.11 Å². The van der Waals surface area contributed by atoms with E-state index >= 15 is 0 Å². The predicted molar refractivity (Wildman–Crippen MR) is 76.4 cm³/mol. The molecule has 0 aliphatic carbocycles. The molecular weight excluding hydrogens is 236 g/mol. The molecule has 0 saturated carbocycles. The van der Waals surface area contributed by atoms with E-state index in [0.717, 1.165) is 17.8 Å². The fraction of sp³-hybridized carbons (Fsp3) is 0.312. The summed E-state index contributed by atoms with van der Waals surface area (Å²) in [6, 6.07) is 12.5. The second kappa shape index (κ2) is 4.57. The van der Waals surface area contributed by atoms with Gasteiger partial charge in [-0.3, -0.25) is 4.98 Å². The SMILES string of the molecule is Cc1ccc(O)c(CN2c3ccccc3CC2C)n1. The van der Waals surface area contributed by atoms with Crippen molar-refractivity contribution < 1.29 is 5.11 Å². The molecule has 1 unspecified atom stereocenters. The van der Waals surface area contributed by atoms with Crippen LogP contribution in [-0.2, 0) is 13.0 Å². The van der Waals surface area contributed by atoms with Crippen molar-refractivity contribution >= 4 is 5.69 Å². The van der Waals surface area contributed by atoms with Crippen LogP contribution in [-0.4, -0.2) is 16.1 Å². The van der Waals surface area contributed by atoms with Gasteiger partial charge in [-0.15, -0.1) is 0 Å². The molecule has 0 bridgehead atoms. The van der Waals surface area contributed by atoms with Crippen molar-refractivity contribution in [3.05, 3.63) is 53.3 Å². The van der Waals surface area contributed by atoms with Crippen molar-refractivity contribution in [3.63, 3.8) is 0 Å². The van der Waals surface area contributed by atoms with Crippen LogP contribution in [0.15, 0.2) is 36.4 Å². The Labute approximate surface area is 113 Å². The van der Waals surface area contributed by atoms with E-state index in [2.05, 4.69) is 41.1 Å². The molecule has 2 heterocycles. The van der Waals surface area contributed by atoms with Crippen molar-refractivity contribution in [2.75, 3.05) is 4.90 Å². The Morgan fingerprint density at radius 3 is 2.89 bits per heavy atom. The maximum Gasteiger partial charge on any atom is 0.138 e. The molecule has 1 aliphatic rings. The van der Waals surface area contributed by atoms with Crippen LogP contribution in [0.1, 0.15) is 23.9 Å². The first-order valence-corrected chi connectivity index (χ1v) is 6.65. The van der Waals surface area contributed by atoms with Crippen LogP contribution < -0.4 is 4.90 Å². The second-order valence-corrected chi connectivity index (χ2v) is 5.23. The Kier molecular flexibility index (Phi) is 2.90. The summed E-state index contributed by atoms with van der Waals surface area (Å²) in [5.74, 6) is 0.280. The number of aromatic nitrogens is 1. The monoisotopic (exact) mass is 254 g/mol. The lowest BCUT2D eigenvalue weighted by atomic mass is 10.1. The van der Waals surface area contributed by atoms with Gasteiger partial charge in [-0.05, 0) is 44.0 Å². The molecular formula is C16H18N2O. The maximum absolute atomic E-state index is 9.94. The van der Waals surface area contributed by atoms with E-state index in [1.54, 1.807) is 6.07 Å². The highest BCUT2D eigenvalue weighted by Crippen LogP contribution is 2.33. The van der Waals surface area contributed by atoms with Gasteiger partial charge >= 0.3 is 0 Å². The quantitative estimate of drug-likeness (QED) is 0.894. The van der Waals surface area contributed by atoms with Crippen LogP contribution >= 0.6 is 0 Å². The van der Waals surface area contributed by atoms with E-state index < -0.39 is 0 Å². The van der Waals surface area contributed by atoms with Crippen molar-refractivity contribution in [2.24, 2.45) is 0 Å². The second-order valence-electron chi connectivity index (χ2n) is 5.23. The van der Waals surface area contributed by atoms with Gasteiger partial charge in [0.2, 0.25) is 0 Å². The highest BCUT2D eigenvalue weighted by Gasteiger charge is 2.26. The molecule has 3 rings (SSSR count). The number of nitrogens with zero attached hydrogens (tertiary/aromatic N) is 2. The third kappa shape index (κ3) is 2.16. The van der Waals surface area contributed by atoms with Gasteiger partial charge in [0.15, 0.2) is 0 Å². The van der Waals surface area contributed by atoms with E-state index in [1.165, 1.54) is 11.3 Å². The zero-order chi connectivity index (χ0) is 13.4. The molecule has 0 saturated heterocycles. The van der Waals surface area contributed by atoms with Crippen LogP contribution in [0.5, 0.6) is 5.75 Å². The third-order valence-corrected chi connectivity index (χ3v) is 3.76. The number of fused-ring (bicyclic) bond motifs is 1. The number of pyridine rings is 1. The Balaban J connectivity index is 1.93. The highest BCUT2D eigenvalue weighted by atomic mass is 16.3. The van der Waals surface area contributed by atoms with Crippen molar-refractivity contribution in [2.45, 2.75) is 32.9 Å². The van der Waals surface area contributed by atoms with Crippen molar-refractivity contribution in [1.82, 2.24) is 4.98 Å². The summed E-state index contributed by atoms with van der Waals surface area (Å²) in [6.45, 7) is 4.82. The summed E-state index contributed by atoms with van der Waals surface area (Å²) in [5.41, 5.74) is 4.33. The number of para-hydroxylation sites is 1. The molecule has 19 heavy (non-hydrogen) atoms. The molecule has 3 heteroatoms. The fourth-order valence-corrected chi connectivity index (χ4v) is 2.75. The normalized spacial score (nSPS) is 17.6. The molecule has 1 aromatic carbocycles. The summed E-state index contributed by atoms with van der Waals surface area (Å²) in [4.78, 5) is 6.77. The Morgan fingerprint density at radius 2 is 2.05 bits per heavy atom. The largest absolute Gasteiger partial charge is 0.506 e. The number of anilines is 1. The van der Waals surface area contributed by atoms with Gasteiger partial charge in [0.1, 0.15) is 11.4 Å². The maximum atomic E-state index is 9.94. The molecule has 1 N–H and O–H groups in total. The smallest absolute Gasteiger partial charge is 0.138 e. The van der Waals surface area contributed by atoms with E-state index in [1.807, 2.05) is 13.0 Å². The molecule has 2 aromatic rings. The van der Waals surface area contributed by atoms with E-state index in [0.29, 0.717) is 12.6 Å². The summed E-state index contributed by atoms with van der Waals surface area (Å²) in [7, 11) is 0. The Bertz CT molecular complexity index is 609. The summed E-state index contributed by atoms with van der Waals surface area (Å²) in [6.07, 6.45) is 1.06. The minimum atomic E-state index is 0.280. The minimum Gasteiger partial charge on any atom is -0.506 e. The number of aryl methyl sites for hydroxylation is 1. The van der Waals surface area contributed by atoms with Gasteiger partial charge in [-0.2, -0.15) is 0 Å². The predicted octanol–water partition coefficient (Wildman–Crippen LogP) is 3.05. The lowest BCUT2D eigenvalue weighted by Crippen LogP contribution is -2.29. The fourth-order valence-electron chi connectivity index (χ4n) is 2.75. The Hall–Kier alpha value is -2.03. The van der Waals surface area contributed by atoms with Gasteiger partial charge < -0.3 is 10.0 Å². The van der Waals surface area contributed by atoms with E-state index in [-0.39, 0.29) is 5.75 Å². The number of hydrogen-bond acceptors (Lipinski definition) is 3. The lowest BCUT2D eigenvalue weighted by Gasteiger charge is -2.25. The topological polar surface area (TPSA) is 36.4 Å². The first-order chi connectivity index (χ1) is 9.15. The summed E-state index contributed by atoms with van der Waals surface area (Å²) >= 11 is 0. The number of benzene rings is 1. The molecule has 3 nitrogen and oxygen atoms in total. The molecule has 1 aromatic heterocycles. The first-order valence-electron chi connectivity index (χ1n) is 6.65. The molecule has 0 radical (unpaired) electrons. The third-order valence-electron chi connectivity index (χ3n) is 3.76. The molecule has 98 valence electrons. The van der Waals surface area contributed by atoms with Gasteiger partial charge in [0.05, 0.1) is 6.54 Å². The average molecular weight is 254 g/mol. The minimum absolute atomic E-state index is 0.280. The van der Waals surface area contributed by atoms with Crippen molar-refractivity contribution in [3.8, 4) is 5.75 Å². The standard InChI is InChI=1S/C16H18N2O/c1-11-7-8-16(19)14(17-11)10-18-12(2)9-13-5-3-4-6-15(13)18/h3-8,12,19H,9-10H2,1-2H3. The van der Waals surface area contributed by atoms with Gasteiger partial charge in [-0.25, -0.2) is 0 Å². The molecule has 1 atom stereocenters. The number of rotatable bonds is 2. The van der Waals surface area contributed by atoms with Crippen LogP contribution in [0.3, 0.4) is 0 Å². The van der Waals surface area contributed by atoms with Gasteiger partial charge in [0.25, 0.3) is 0 Å². The summed E-state index contributed by atoms with van der Waals surface area (Å²) in [5, 5.41) is 9.94. The molecule has 0 spiro atoms. The Morgan fingerprint density at radius 1 is 1.26 bits per heavy atom.